The van der Waals surface area contributed by atoms with Crippen molar-refractivity contribution < 1.29 is 14.3 Å². The molecule has 1 N–H and O–H groups in total. The molecule has 0 saturated carbocycles. The molecule has 0 atom stereocenters. The van der Waals surface area contributed by atoms with Crippen LogP contribution < -0.4 is 14.8 Å². The fourth-order valence-electron chi connectivity index (χ4n) is 2.09. The molecule has 6 nitrogen and oxygen atoms in total. The zero-order chi connectivity index (χ0) is 18.9. The molecular weight excluding hydrogens is 354 g/mol. The molecule has 0 radical (unpaired) electrons. The van der Waals surface area contributed by atoms with Gasteiger partial charge in [-0.1, -0.05) is 29.8 Å². The van der Waals surface area contributed by atoms with E-state index in [0.717, 1.165) is 0 Å². The largest absolute Gasteiger partial charge is 0.495 e. The van der Waals surface area contributed by atoms with Gasteiger partial charge in [0.15, 0.2) is 6.61 Å². The van der Waals surface area contributed by atoms with Gasteiger partial charge in [-0.15, -0.1) is 0 Å². The molecule has 0 heterocycles. The highest BCUT2D eigenvalue weighted by atomic mass is 35.5. The van der Waals surface area contributed by atoms with Crippen molar-refractivity contribution in [3.63, 3.8) is 0 Å². The number of nitriles is 2. The second-order valence-corrected chi connectivity index (χ2v) is 5.37. The predicted octanol–water partition coefficient (Wildman–Crippen LogP) is 3.80. The lowest BCUT2D eigenvalue weighted by molar-refractivity contribution is -0.112. The summed E-state index contributed by atoms with van der Waals surface area (Å²) in [5.41, 5.74) is 0.822. The van der Waals surface area contributed by atoms with Crippen LogP contribution in [0, 0.1) is 22.7 Å². The highest BCUT2D eigenvalue weighted by Crippen LogP contribution is 2.27. The summed E-state index contributed by atoms with van der Waals surface area (Å²) in [6, 6.07) is 15.3. The van der Waals surface area contributed by atoms with Crippen molar-refractivity contribution in [3.8, 4) is 23.6 Å². The van der Waals surface area contributed by atoms with Crippen molar-refractivity contribution in [2.24, 2.45) is 0 Å². The molecule has 0 bridgehead atoms. The third-order valence-electron chi connectivity index (χ3n) is 3.29. The number of rotatable bonds is 6. The van der Waals surface area contributed by atoms with E-state index in [1.165, 1.54) is 19.3 Å². The molecule has 7 heteroatoms. The molecule has 0 aliphatic rings. The molecule has 2 aromatic carbocycles. The van der Waals surface area contributed by atoms with E-state index in [9.17, 15) is 10.1 Å². The Hall–Kier alpha value is -3.48. The van der Waals surface area contributed by atoms with E-state index in [1.807, 2.05) is 12.1 Å². The molecule has 2 rings (SSSR count). The van der Waals surface area contributed by atoms with Crippen LogP contribution >= 0.6 is 11.6 Å². The number of carbonyl (C=O) groups is 1. The second-order valence-electron chi connectivity index (χ2n) is 4.96. The second kappa shape index (κ2) is 9.12. The van der Waals surface area contributed by atoms with Crippen molar-refractivity contribution in [1.82, 2.24) is 0 Å². The third-order valence-corrected chi connectivity index (χ3v) is 3.58. The highest BCUT2D eigenvalue weighted by Gasteiger charge is 2.12. The summed E-state index contributed by atoms with van der Waals surface area (Å²) in [7, 11) is 1.49. The molecule has 26 heavy (non-hydrogen) atoms. The van der Waals surface area contributed by atoms with Gasteiger partial charge in [0.05, 0.1) is 12.1 Å². The number of hydrogen-bond acceptors (Lipinski definition) is 5. The SMILES string of the molecule is COc1ccc(NC(=O)/C(C#N)=C/c2ccccc2OCC#N)cc1Cl. The molecule has 1 amide bonds. The van der Waals surface area contributed by atoms with Crippen molar-refractivity contribution >= 4 is 29.3 Å². The minimum atomic E-state index is -0.594. The van der Waals surface area contributed by atoms with Crippen LogP contribution in [0.15, 0.2) is 48.0 Å². The Labute approximate surface area is 155 Å². The van der Waals surface area contributed by atoms with Crippen LogP contribution in [0.5, 0.6) is 11.5 Å². The molecule has 0 spiro atoms. The van der Waals surface area contributed by atoms with Gasteiger partial charge in [0.1, 0.15) is 29.2 Å². The van der Waals surface area contributed by atoms with Crippen molar-refractivity contribution in [2.45, 2.75) is 0 Å². The lowest BCUT2D eigenvalue weighted by Crippen LogP contribution is -2.13. The number of methoxy groups -OCH3 is 1. The summed E-state index contributed by atoms with van der Waals surface area (Å²) in [4.78, 5) is 12.4. The fraction of sp³-hybridized carbons (Fsp3) is 0.105. The first-order valence-electron chi connectivity index (χ1n) is 7.44. The number of ether oxygens (including phenoxy) is 2. The molecule has 0 aliphatic heterocycles. The zero-order valence-corrected chi connectivity index (χ0v) is 14.6. The number of nitrogens with zero attached hydrogens (tertiary/aromatic N) is 2. The van der Waals surface area contributed by atoms with E-state index in [-0.39, 0.29) is 12.2 Å². The lowest BCUT2D eigenvalue weighted by atomic mass is 10.1. The smallest absolute Gasteiger partial charge is 0.266 e. The van der Waals surface area contributed by atoms with Gasteiger partial charge in [-0.25, -0.2) is 0 Å². The maximum Gasteiger partial charge on any atom is 0.266 e. The minimum absolute atomic E-state index is 0.120. The highest BCUT2D eigenvalue weighted by molar-refractivity contribution is 6.32. The van der Waals surface area contributed by atoms with Crippen LogP contribution in [0.3, 0.4) is 0 Å². The van der Waals surface area contributed by atoms with Gasteiger partial charge < -0.3 is 14.8 Å². The number of hydrogen-bond donors (Lipinski definition) is 1. The number of anilines is 1. The third kappa shape index (κ3) is 4.76. The Morgan fingerprint density at radius 3 is 2.65 bits per heavy atom. The normalized spacial score (nSPS) is 10.4. The molecule has 0 aliphatic carbocycles. The van der Waals surface area contributed by atoms with Crippen LogP contribution in [-0.4, -0.2) is 19.6 Å². The zero-order valence-electron chi connectivity index (χ0n) is 13.8. The van der Waals surface area contributed by atoms with Crippen LogP contribution in [-0.2, 0) is 4.79 Å². The van der Waals surface area contributed by atoms with E-state index in [0.29, 0.717) is 27.8 Å². The van der Waals surface area contributed by atoms with Gasteiger partial charge in [-0.3, -0.25) is 4.79 Å². The van der Waals surface area contributed by atoms with Gasteiger partial charge in [0.2, 0.25) is 0 Å². The topological polar surface area (TPSA) is 95.1 Å². The van der Waals surface area contributed by atoms with Gasteiger partial charge >= 0.3 is 0 Å². The molecule has 0 aromatic heterocycles. The molecule has 0 unspecified atom stereocenters. The van der Waals surface area contributed by atoms with Gasteiger partial charge in [0.25, 0.3) is 5.91 Å². The van der Waals surface area contributed by atoms with Crippen molar-refractivity contribution in [3.05, 3.63) is 58.6 Å². The first-order chi connectivity index (χ1) is 12.6. The summed E-state index contributed by atoms with van der Waals surface area (Å²) in [6.07, 6.45) is 1.40. The summed E-state index contributed by atoms with van der Waals surface area (Å²) < 4.78 is 10.3. The summed E-state index contributed by atoms with van der Waals surface area (Å²) >= 11 is 6.03. The monoisotopic (exact) mass is 367 g/mol. The summed E-state index contributed by atoms with van der Waals surface area (Å²) in [5.74, 6) is 0.287. The van der Waals surface area contributed by atoms with Crippen LogP contribution in [0.1, 0.15) is 5.56 Å². The molecule has 0 fully saturated rings. The van der Waals surface area contributed by atoms with E-state index in [4.69, 9.17) is 26.3 Å². The molecule has 130 valence electrons. The van der Waals surface area contributed by atoms with Gasteiger partial charge in [-0.2, -0.15) is 10.5 Å². The molecule has 0 saturated heterocycles. The van der Waals surface area contributed by atoms with Crippen LogP contribution in [0.2, 0.25) is 5.02 Å². The molecule has 2 aromatic rings. The first-order valence-corrected chi connectivity index (χ1v) is 7.82. The standard InChI is InChI=1S/C19H14ClN3O3/c1-25-18-7-6-15(11-16(18)20)23-19(24)14(12-22)10-13-4-2-3-5-17(13)26-9-8-21/h2-7,10-11H,9H2,1H3,(H,23,24)/b14-10+. The van der Waals surface area contributed by atoms with Crippen LogP contribution in [0.4, 0.5) is 5.69 Å². The van der Waals surface area contributed by atoms with E-state index in [1.54, 1.807) is 36.4 Å². The first kappa shape index (κ1) is 18.9. The number of halogens is 1. The van der Waals surface area contributed by atoms with Gasteiger partial charge in [0, 0.05) is 11.3 Å². The minimum Gasteiger partial charge on any atom is -0.495 e. The number of nitrogens with one attached hydrogen (secondary N) is 1. The number of para-hydroxylation sites is 1. The van der Waals surface area contributed by atoms with E-state index in [2.05, 4.69) is 5.32 Å². The quantitative estimate of drug-likeness (QED) is 0.619. The number of benzene rings is 2. The van der Waals surface area contributed by atoms with Crippen molar-refractivity contribution in [2.75, 3.05) is 19.0 Å². The lowest BCUT2D eigenvalue weighted by Gasteiger charge is -2.08. The number of carbonyl (C=O) groups excluding carboxylic acids is 1. The Balaban J connectivity index is 2.24. The Morgan fingerprint density at radius 2 is 2.00 bits per heavy atom. The summed E-state index contributed by atoms with van der Waals surface area (Å²) in [5, 5.41) is 20.9. The predicted molar refractivity (Wildman–Crippen MR) is 97.8 cm³/mol. The number of amides is 1. The average molecular weight is 368 g/mol. The Morgan fingerprint density at radius 1 is 1.23 bits per heavy atom. The fourth-order valence-corrected chi connectivity index (χ4v) is 2.35. The Kier molecular flexibility index (Phi) is 6.61. The van der Waals surface area contributed by atoms with E-state index >= 15 is 0 Å². The molecular formula is C19H14ClN3O3. The van der Waals surface area contributed by atoms with Crippen molar-refractivity contribution in [1.29, 1.82) is 10.5 Å². The maximum absolute atomic E-state index is 12.4. The summed E-state index contributed by atoms with van der Waals surface area (Å²) in [6.45, 7) is -0.136. The van der Waals surface area contributed by atoms with E-state index < -0.39 is 5.91 Å². The van der Waals surface area contributed by atoms with Crippen LogP contribution in [0.25, 0.3) is 6.08 Å². The average Bonchev–Trinajstić information content (AvgIpc) is 2.65. The maximum atomic E-state index is 12.4. The Bertz CT molecular complexity index is 926. The van der Waals surface area contributed by atoms with Gasteiger partial charge in [-0.05, 0) is 30.3 Å².